The van der Waals surface area contributed by atoms with Crippen molar-refractivity contribution in [2.45, 2.75) is 50.7 Å². The van der Waals surface area contributed by atoms with Gasteiger partial charge in [-0.15, -0.1) is 0 Å². The summed E-state index contributed by atoms with van der Waals surface area (Å²) in [6, 6.07) is 14.7. The average molecular weight is 536 g/mol. The molecule has 3 aromatic rings. The van der Waals surface area contributed by atoms with Crippen LogP contribution in [0.1, 0.15) is 65.0 Å². The summed E-state index contributed by atoms with van der Waals surface area (Å²) < 4.78 is 22.7. The van der Waals surface area contributed by atoms with Crippen molar-refractivity contribution in [2.75, 3.05) is 6.61 Å². The Morgan fingerprint density at radius 2 is 1.95 bits per heavy atom. The molecule has 2 aromatic carbocycles. The third-order valence-corrected chi connectivity index (χ3v) is 7.49. The normalized spacial score (nSPS) is 22.7. The van der Waals surface area contributed by atoms with Crippen LogP contribution in [0, 0.1) is 23.1 Å². The zero-order valence-corrected chi connectivity index (χ0v) is 21.7. The van der Waals surface area contributed by atoms with E-state index in [1.807, 2.05) is 6.07 Å². The van der Waals surface area contributed by atoms with Crippen molar-refractivity contribution >= 4 is 17.5 Å². The van der Waals surface area contributed by atoms with Gasteiger partial charge in [-0.1, -0.05) is 23.7 Å². The van der Waals surface area contributed by atoms with Gasteiger partial charge in [0.2, 0.25) is 0 Å². The van der Waals surface area contributed by atoms with E-state index in [1.165, 1.54) is 37.1 Å². The SMILES string of the molecule is CC(C)(O)c1cc(F)c2c(c1)C(=O)N(Cc1ccc(C#N)cn1)[C@@]2(OCC1CC(O)C1)c1ccc(Cl)cc1. The van der Waals surface area contributed by atoms with Crippen molar-refractivity contribution < 1.29 is 24.1 Å². The van der Waals surface area contributed by atoms with Gasteiger partial charge in [0.15, 0.2) is 5.72 Å². The molecule has 7 nitrogen and oxygen atoms in total. The minimum Gasteiger partial charge on any atom is -0.393 e. The van der Waals surface area contributed by atoms with E-state index in [1.54, 1.807) is 36.4 Å². The number of ether oxygens (including phenoxy) is 1. The van der Waals surface area contributed by atoms with E-state index >= 15 is 4.39 Å². The van der Waals surface area contributed by atoms with E-state index in [2.05, 4.69) is 4.98 Å². The molecule has 1 fully saturated rings. The Morgan fingerprint density at radius 3 is 2.53 bits per heavy atom. The predicted molar refractivity (Wildman–Crippen MR) is 137 cm³/mol. The van der Waals surface area contributed by atoms with Crippen LogP contribution in [0.2, 0.25) is 5.02 Å². The van der Waals surface area contributed by atoms with Crippen LogP contribution in [0.4, 0.5) is 4.39 Å². The molecule has 0 unspecified atom stereocenters. The molecule has 1 aromatic heterocycles. The highest BCUT2D eigenvalue weighted by molar-refractivity contribution is 6.30. The van der Waals surface area contributed by atoms with Gasteiger partial charge >= 0.3 is 0 Å². The first-order chi connectivity index (χ1) is 18.0. The molecule has 2 heterocycles. The van der Waals surface area contributed by atoms with Crippen molar-refractivity contribution in [1.82, 2.24) is 9.88 Å². The van der Waals surface area contributed by atoms with Gasteiger partial charge in [0, 0.05) is 16.8 Å². The first-order valence-electron chi connectivity index (χ1n) is 12.3. The number of aliphatic hydroxyl groups excluding tert-OH is 1. The minimum absolute atomic E-state index is 0.0353. The number of carbonyl (C=O) groups excluding carboxylic acids is 1. The molecule has 1 amide bonds. The highest BCUT2D eigenvalue weighted by Crippen LogP contribution is 2.49. The van der Waals surface area contributed by atoms with Crippen LogP contribution in [0.25, 0.3) is 0 Å². The van der Waals surface area contributed by atoms with Crippen molar-refractivity contribution in [2.24, 2.45) is 5.92 Å². The van der Waals surface area contributed by atoms with Gasteiger partial charge in [-0.2, -0.15) is 5.26 Å². The van der Waals surface area contributed by atoms with Crippen LogP contribution in [-0.4, -0.2) is 38.7 Å². The molecule has 9 heteroatoms. The summed E-state index contributed by atoms with van der Waals surface area (Å²) in [4.78, 5) is 19.8. The lowest BCUT2D eigenvalue weighted by Gasteiger charge is -2.42. The summed E-state index contributed by atoms with van der Waals surface area (Å²) >= 11 is 6.18. The molecule has 38 heavy (non-hydrogen) atoms. The fourth-order valence-corrected chi connectivity index (χ4v) is 5.24. The molecule has 0 radical (unpaired) electrons. The van der Waals surface area contributed by atoms with E-state index in [4.69, 9.17) is 21.6 Å². The Kier molecular flexibility index (Phi) is 6.74. The number of amides is 1. The van der Waals surface area contributed by atoms with Crippen LogP contribution in [0.3, 0.4) is 0 Å². The number of nitriles is 1. The summed E-state index contributed by atoms with van der Waals surface area (Å²) in [5, 5.41) is 30.0. The van der Waals surface area contributed by atoms with Crippen LogP contribution in [0.15, 0.2) is 54.7 Å². The maximum Gasteiger partial charge on any atom is 0.257 e. The van der Waals surface area contributed by atoms with Gasteiger partial charge in [0.25, 0.3) is 5.91 Å². The van der Waals surface area contributed by atoms with Gasteiger partial charge in [0.05, 0.1) is 47.2 Å². The zero-order valence-electron chi connectivity index (χ0n) is 21.0. The molecular formula is C29H27ClFN3O4. The van der Waals surface area contributed by atoms with E-state index in [9.17, 15) is 15.0 Å². The second-order valence-electron chi connectivity index (χ2n) is 10.4. The summed E-state index contributed by atoms with van der Waals surface area (Å²) in [5.74, 6) is -1.13. The second kappa shape index (κ2) is 9.75. The van der Waals surface area contributed by atoms with Crippen molar-refractivity contribution in [3.63, 3.8) is 0 Å². The van der Waals surface area contributed by atoms with E-state index < -0.39 is 29.2 Å². The molecule has 0 saturated heterocycles. The number of hydrogen-bond donors (Lipinski definition) is 2. The molecule has 1 atom stereocenters. The smallest absolute Gasteiger partial charge is 0.257 e. The molecule has 2 aliphatic rings. The van der Waals surface area contributed by atoms with E-state index in [-0.39, 0.29) is 35.8 Å². The maximum absolute atomic E-state index is 16.1. The second-order valence-corrected chi connectivity index (χ2v) is 10.9. The number of benzene rings is 2. The lowest BCUT2D eigenvalue weighted by molar-refractivity contribution is -0.139. The van der Waals surface area contributed by atoms with Crippen LogP contribution in [-0.2, 0) is 22.6 Å². The third-order valence-electron chi connectivity index (χ3n) is 7.24. The number of aromatic nitrogens is 1. The van der Waals surface area contributed by atoms with Gasteiger partial charge < -0.3 is 14.9 Å². The summed E-state index contributed by atoms with van der Waals surface area (Å²) in [7, 11) is 0. The number of aliphatic hydroxyl groups is 2. The zero-order chi connectivity index (χ0) is 27.2. The Labute approximate surface area is 225 Å². The first-order valence-corrected chi connectivity index (χ1v) is 12.7. The first kappa shape index (κ1) is 26.3. The van der Waals surface area contributed by atoms with Gasteiger partial charge in [-0.05, 0) is 74.6 Å². The molecule has 1 aliphatic heterocycles. The Morgan fingerprint density at radius 1 is 1.24 bits per heavy atom. The summed E-state index contributed by atoms with van der Waals surface area (Å²) in [5.41, 5.74) is -1.31. The summed E-state index contributed by atoms with van der Waals surface area (Å²) in [6.07, 6.45) is 2.11. The largest absolute Gasteiger partial charge is 0.393 e. The number of nitrogens with zero attached hydrogens (tertiary/aromatic N) is 3. The maximum atomic E-state index is 16.1. The molecule has 1 aliphatic carbocycles. The fourth-order valence-electron chi connectivity index (χ4n) is 5.11. The molecular weight excluding hydrogens is 509 g/mol. The highest BCUT2D eigenvalue weighted by Gasteiger charge is 2.55. The van der Waals surface area contributed by atoms with Crippen LogP contribution >= 0.6 is 11.6 Å². The molecule has 5 rings (SSSR count). The summed E-state index contributed by atoms with van der Waals surface area (Å²) in [6.45, 7) is 3.19. The predicted octanol–water partition coefficient (Wildman–Crippen LogP) is 4.62. The van der Waals surface area contributed by atoms with Gasteiger partial charge in [-0.25, -0.2) is 4.39 Å². The number of rotatable bonds is 7. The lowest BCUT2D eigenvalue weighted by atomic mass is 9.83. The average Bonchev–Trinajstić information content (AvgIpc) is 3.10. The molecule has 2 N–H and O–H groups in total. The lowest BCUT2D eigenvalue weighted by Crippen LogP contribution is -2.48. The van der Waals surface area contributed by atoms with Crippen LogP contribution in [0.5, 0.6) is 0 Å². The van der Waals surface area contributed by atoms with Gasteiger partial charge in [-0.3, -0.25) is 14.7 Å². The number of halogens is 2. The van der Waals surface area contributed by atoms with Gasteiger partial charge in [0.1, 0.15) is 11.9 Å². The number of fused-ring (bicyclic) bond motifs is 1. The molecule has 0 bridgehead atoms. The number of carbonyl (C=O) groups is 1. The number of hydrogen-bond acceptors (Lipinski definition) is 6. The minimum atomic E-state index is -1.66. The fraction of sp³-hybridized carbons (Fsp3) is 0.345. The monoisotopic (exact) mass is 535 g/mol. The van der Waals surface area contributed by atoms with E-state index in [0.717, 1.165) is 0 Å². The Balaban J connectivity index is 1.70. The topological polar surface area (TPSA) is 107 Å². The Bertz CT molecular complexity index is 1410. The number of pyridine rings is 1. The van der Waals surface area contributed by atoms with Crippen molar-refractivity contribution in [1.29, 1.82) is 5.26 Å². The quantitative estimate of drug-likeness (QED) is 0.457. The molecule has 196 valence electrons. The highest BCUT2D eigenvalue weighted by atomic mass is 35.5. The molecule has 0 spiro atoms. The Hall–Kier alpha value is -3.35. The van der Waals surface area contributed by atoms with Crippen LogP contribution < -0.4 is 0 Å². The third kappa shape index (κ3) is 4.56. The molecule has 1 saturated carbocycles. The van der Waals surface area contributed by atoms with E-state index in [0.29, 0.717) is 34.7 Å². The standard InChI is InChI=1S/C29H27ClFN3O4/c1-28(2,37)20-11-24-26(25(31)12-20)29(19-4-6-21(30)7-5-19,38-16-18-9-23(35)10-18)34(27(24)36)15-22-8-3-17(13-32)14-33-22/h3-8,11-12,14,18,23,35,37H,9-10,15-16H2,1-2H3/t18?,23?,29-/m1/s1. The van der Waals surface area contributed by atoms with Crippen molar-refractivity contribution in [3.8, 4) is 6.07 Å². The van der Waals surface area contributed by atoms with Crippen molar-refractivity contribution in [3.05, 3.63) is 99.1 Å².